The molecule has 0 spiro atoms. The van der Waals surface area contributed by atoms with E-state index >= 15 is 0 Å². The summed E-state index contributed by atoms with van der Waals surface area (Å²) in [4.78, 5) is 11.6. The van der Waals surface area contributed by atoms with Crippen LogP contribution in [0.2, 0.25) is 0 Å². The first kappa shape index (κ1) is 14.4. The van der Waals surface area contributed by atoms with Crippen molar-refractivity contribution in [3.05, 3.63) is 11.8 Å². The number of thiol groups is 1. The molecule has 0 fully saturated rings. The fraction of sp³-hybridized carbons (Fsp3) is 0.769. The predicted octanol–water partition coefficient (Wildman–Crippen LogP) is 1.96. The molecule has 0 bridgehead atoms. The lowest BCUT2D eigenvalue weighted by Gasteiger charge is -2.15. The second-order valence-corrected chi connectivity index (χ2v) is 5.02. The van der Waals surface area contributed by atoms with Crippen molar-refractivity contribution in [3.8, 4) is 0 Å². The molecular weight excluding hydrogens is 232 g/mol. The van der Waals surface area contributed by atoms with Gasteiger partial charge >= 0.3 is 0 Å². The van der Waals surface area contributed by atoms with Crippen molar-refractivity contribution >= 4 is 18.5 Å². The van der Waals surface area contributed by atoms with Gasteiger partial charge in [-0.3, -0.25) is 4.79 Å². The van der Waals surface area contributed by atoms with Crippen LogP contribution in [0.3, 0.4) is 0 Å². The normalized spacial score (nSPS) is 19.5. The highest BCUT2D eigenvalue weighted by molar-refractivity contribution is 7.80. The van der Waals surface area contributed by atoms with Crippen molar-refractivity contribution in [2.75, 3.05) is 19.3 Å². The second-order valence-electron chi connectivity index (χ2n) is 4.58. The van der Waals surface area contributed by atoms with E-state index in [1.54, 1.807) is 7.05 Å². The zero-order valence-corrected chi connectivity index (χ0v) is 11.7. The highest BCUT2D eigenvalue weighted by atomic mass is 32.1. The summed E-state index contributed by atoms with van der Waals surface area (Å²) in [5, 5.41) is 6.12. The van der Waals surface area contributed by atoms with Gasteiger partial charge in [-0.15, -0.1) is 0 Å². The Morgan fingerprint density at radius 2 is 2.35 bits per heavy atom. The van der Waals surface area contributed by atoms with Gasteiger partial charge < -0.3 is 10.6 Å². The van der Waals surface area contributed by atoms with Gasteiger partial charge in [-0.1, -0.05) is 19.4 Å². The van der Waals surface area contributed by atoms with Crippen LogP contribution in [-0.4, -0.2) is 25.3 Å². The van der Waals surface area contributed by atoms with E-state index in [0.717, 1.165) is 31.6 Å². The number of carbonyl (C=O) groups excluding carboxylic acids is 1. The van der Waals surface area contributed by atoms with E-state index in [9.17, 15) is 4.79 Å². The van der Waals surface area contributed by atoms with Crippen LogP contribution < -0.4 is 10.6 Å². The maximum Gasteiger partial charge on any atom is 0.224 e. The van der Waals surface area contributed by atoms with Gasteiger partial charge in [0.15, 0.2) is 0 Å². The Morgan fingerprint density at radius 1 is 1.59 bits per heavy atom. The zero-order valence-electron chi connectivity index (χ0n) is 10.8. The molecule has 98 valence electrons. The van der Waals surface area contributed by atoms with Gasteiger partial charge in [0, 0.05) is 25.2 Å². The second kappa shape index (κ2) is 7.64. The first-order valence-electron chi connectivity index (χ1n) is 6.51. The number of amides is 1. The largest absolute Gasteiger partial charge is 0.387 e. The van der Waals surface area contributed by atoms with Crippen LogP contribution in [-0.2, 0) is 4.79 Å². The quantitative estimate of drug-likeness (QED) is 0.552. The Bertz CT molecular complexity index is 279. The molecule has 1 rings (SSSR count). The van der Waals surface area contributed by atoms with Crippen molar-refractivity contribution in [3.63, 3.8) is 0 Å². The van der Waals surface area contributed by atoms with Crippen LogP contribution in [0, 0.1) is 11.8 Å². The highest BCUT2D eigenvalue weighted by Gasteiger charge is 2.25. The summed E-state index contributed by atoms with van der Waals surface area (Å²) in [6.07, 6.45) is 6.58. The molecule has 1 aliphatic rings. The fourth-order valence-corrected chi connectivity index (χ4v) is 2.21. The molecule has 0 saturated carbocycles. The van der Waals surface area contributed by atoms with Crippen LogP contribution in [0.25, 0.3) is 0 Å². The summed E-state index contributed by atoms with van der Waals surface area (Å²) in [6, 6.07) is 0. The van der Waals surface area contributed by atoms with E-state index in [0.29, 0.717) is 5.92 Å². The summed E-state index contributed by atoms with van der Waals surface area (Å²) in [6.45, 7) is 2.87. The van der Waals surface area contributed by atoms with Crippen LogP contribution >= 0.6 is 12.6 Å². The minimum atomic E-state index is 0.0945. The van der Waals surface area contributed by atoms with Gasteiger partial charge in [-0.25, -0.2) is 0 Å². The molecule has 17 heavy (non-hydrogen) atoms. The van der Waals surface area contributed by atoms with Crippen LogP contribution in [0.15, 0.2) is 11.8 Å². The number of rotatable bonds is 9. The molecule has 2 atom stereocenters. The maximum absolute atomic E-state index is 11.6. The molecule has 4 heteroatoms. The molecule has 1 aliphatic carbocycles. The minimum absolute atomic E-state index is 0.0945. The smallest absolute Gasteiger partial charge is 0.224 e. The minimum Gasteiger partial charge on any atom is -0.387 e. The molecule has 0 aliphatic heterocycles. The molecule has 2 N–H and O–H groups in total. The molecule has 3 nitrogen and oxygen atoms in total. The summed E-state index contributed by atoms with van der Waals surface area (Å²) < 4.78 is 0. The van der Waals surface area contributed by atoms with E-state index in [4.69, 9.17) is 0 Å². The van der Waals surface area contributed by atoms with Gasteiger partial charge in [-0.2, -0.15) is 12.6 Å². The van der Waals surface area contributed by atoms with Gasteiger partial charge in [0.2, 0.25) is 5.91 Å². The third-order valence-electron chi connectivity index (χ3n) is 3.15. The summed E-state index contributed by atoms with van der Waals surface area (Å²) >= 11 is 4.21. The van der Waals surface area contributed by atoms with Crippen LogP contribution in [0.4, 0.5) is 0 Å². The molecule has 0 heterocycles. The maximum atomic E-state index is 11.6. The molecule has 2 unspecified atom stereocenters. The Hall–Kier alpha value is -0.640. The Labute approximate surface area is 110 Å². The average Bonchev–Trinajstić information content (AvgIpc) is 3.09. The Balaban J connectivity index is 2.20. The lowest BCUT2D eigenvalue weighted by atomic mass is 10.0. The van der Waals surface area contributed by atoms with E-state index in [1.165, 1.54) is 12.1 Å². The number of carbonyl (C=O) groups is 1. The molecule has 1 amide bonds. The SMILES string of the molecule is CCCC(CNC1=CC1CCCS)C(=O)NC. The third-order valence-corrected chi connectivity index (χ3v) is 3.47. The van der Waals surface area contributed by atoms with E-state index in [1.807, 2.05) is 0 Å². The molecule has 0 aromatic rings. The standard InChI is InChI=1S/C13H24N2OS/c1-3-5-11(13(16)14-2)9-15-12-8-10(12)6-4-7-17/h8,10-11,15,17H,3-7,9H2,1-2H3,(H,14,16). The summed E-state index contributed by atoms with van der Waals surface area (Å²) in [5.41, 5.74) is 1.32. The highest BCUT2D eigenvalue weighted by Crippen LogP contribution is 2.30. The monoisotopic (exact) mass is 256 g/mol. The zero-order chi connectivity index (χ0) is 12.7. The fourth-order valence-electron chi connectivity index (χ4n) is 2.03. The van der Waals surface area contributed by atoms with Crippen LogP contribution in [0.1, 0.15) is 32.6 Å². The molecular formula is C13H24N2OS. The Morgan fingerprint density at radius 3 is 2.94 bits per heavy atom. The van der Waals surface area contributed by atoms with Gasteiger partial charge in [0.05, 0.1) is 5.92 Å². The first-order valence-corrected chi connectivity index (χ1v) is 7.14. The van der Waals surface area contributed by atoms with Gasteiger partial charge in [0.1, 0.15) is 0 Å². The van der Waals surface area contributed by atoms with E-state index in [-0.39, 0.29) is 11.8 Å². The van der Waals surface area contributed by atoms with Crippen molar-refractivity contribution in [1.82, 2.24) is 10.6 Å². The number of hydrogen-bond acceptors (Lipinski definition) is 3. The van der Waals surface area contributed by atoms with E-state index in [2.05, 4.69) is 36.3 Å². The molecule has 0 aromatic carbocycles. The Kier molecular flexibility index (Phi) is 6.48. The molecule has 0 saturated heterocycles. The van der Waals surface area contributed by atoms with Crippen molar-refractivity contribution in [2.24, 2.45) is 11.8 Å². The third kappa shape index (κ3) is 5.02. The predicted molar refractivity (Wildman–Crippen MR) is 75.1 cm³/mol. The lowest BCUT2D eigenvalue weighted by Crippen LogP contribution is -2.34. The summed E-state index contributed by atoms with van der Waals surface area (Å²) in [7, 11) is 1.71. The van der Waals surface area contributed by atoms with Crippen molar-refractivity contribution in [2.45, 2.75) is 32.6 Å². The number of nitrogens with one attached hydrogen (secondary N) is 2. The van der Waals surface area contributed by atoms with Gasteiger partial charge in [0.25, 0.3) is 0 Å². The van der Waals surface area contributed by atoms with Gasteiger partial charge in [-0.05, 0) is 25.0 Å². The van der Waals surface area contributed by atoms with Crippen molar-refractivity contribution < 1.29 is 4.79 Å². The topological polar surface area (TPSA) is 41.1 Å². The summed E-state index contributed by atoms with van der Waals surface area (Å²) in [5.74, 6) is 1.81. The first-order chi connectivity index (χ1) is 8.22. The molecule has 0 radical (unpaired) electrons. The van der Waals surface area contributed by atoms with E-state index < -0.39 is 0 Å². The number of hydrogen-bond donors (Lipinski definition) is 3. The lowest BCUT2D eigenvalue weighted by molar-refractivity contribution is -0.124. The molecule has 0 aromatic heterocycles. The number of allylic oxidation sites excluding steroid dienone is 2. The van der Waals surface area contributed by atoms with Crippen LogP contribution in [0.5, 0.6) is 0 Å². The average molecular weight is 256 g/mol. The van der Waals surface area contributed by atoms with Crippen molar-refractivity contribution in [1.29, 1.82) is 0 Å².